The molecule has 3 aromatic rings. The van der Waals surface area contributed by atoms with Crippen LogP contribution in [0, 0.1) is 5.82 Å². The van der Waals surface area contributed by atoms with Gasteiger partial charge in [-0.05, 0) is 24.1 Å². The van der Waals surface area contributed by atoms with Crippen molar-refractivity contribution in [2.45, 2.75) is 18.8 Å². The van der Waals surface area contributed by atoms with Crippen LogP contribution in [0.3, 0.4) is 0 Å². The van der Waals surface area contributed by atoms with Gasteiger partial charge in [0.15, 0.2) is 5.82 Å². The van der Waals surface area contributed by atoms with E-state index in [1.807, 2.05) is 23.1 Å². The highest BCUT2D eigenvalue weighted by Gasteiger charge is 2.33. The highest BCUT2D eigenvalue weighted by molar-refractivity contribution is 5.79. The predicted molar refractivity (Wildman–Crippen MR) is 93.8 cm³/mol. The molecule has 0 bridgehead atoms. The zero-order valence-corrected chi connectivity index (χ0v) is 14.1. The van der Waals surface area contributed by atoms with Crippen molar-refractivity contribution in [1.29, 1.82) is 0 Å². The molecule has 26 heavy (non-hydrogen) atoms. The SMILES string of the molecule is O=C1C[C@@H](c2noc(-c3ccccc3F)n2)CN1CCc1ccccc1. The molecule has 0 saturated carbocycles. The van der Waals surface area contributed by atoms with Gasteiger partial charge in [-0.3, -0.25) is 4.79 Å². The maximum Gasteiger partial charge on any atom is 0.260 e. The van der Waals surface area contributed by atoms with E-state index in [1.165, 1.54) is 11.6 Å². The molecule has 0 spiro atoms. The van der Waals surface area contributed by atoms with Gasteiger partial charge < -0.3 is 9.42 Å². The first kappa shape index (κ1) is 16.4. The number of hydrogen-bond acceptors (Lipinski definition) is 4. The summed E-state index contributed by atoms with van der Waals surface area (Å²) >= 11 is 0. The lowest BCUT2D eigenvalue weighted by molar-refractivity contribution is -0.127. The number of carbonyl (C=O) groups excluding carboxylic acids is 1. The molecule has 0 N–H and O–H groups in total. The Kier molecular flexibility index (Phi) is 4.48. The summed E-state index contributed by atoms with van der Waals surface area (Å²) in [5.41, 5.74) is 1.47. The molecule has 1 aliphatic rings. The third-order valence-corrected chi connectivity index (χ3v) is 4.64. The fourth-order valence-electron chi connectivity index (χ4n) is 3.21. The van der Waals surface area contributed by atoms with E-state index in [9.17, 15) is 9.18 Å². The number of nitrogens with zero attached hydrogens (tertiary/aromatic N) is 3. The van der Waals surface area contributed by atoms with Crippen LogP contribution in [0.15, 0.2) is 59.1 Å². The van der Waals surface area contributed by atoms with Gasteiger partial charge >= 0.3 is 0 Å². The monoisotopic (exact) mass is 351 g/mol. The zero-order chi connectivity index (χ0) is 17.9. The second kappa shape index (κ2) is 7.07. The minimum atomic E-state index is -0.408. The van der Waals surface area contributed by atoms with E-state index in [4.69, 9.17) is 4.52 Å². The molecular weight excluding hydrogens is 333 g/mol. The lowest BCUT2D eigenvalue weighted by Crippen LogP contribution is -2.27. The van der Waals surface area contributed by atoms with E-state index in [-0.39, 0.29) is 23.3 Å². The molecule has 0 radical (unpaired) electrons. The minimum absolute atomic E-state index is 0.0863. The number of likely N-dealkylation sites (tertiary alicyclic amines) is 1. The van der Waals surface area contributed by atoms with Crippen LogP contribution < -0.4 is 0 Å². The fourth-order valence-corrected chi connectivity index (χ4v) is 3.21. The van der Waals surface area contributed by atoms with Gasteiger partial charge in [-0.15, -0.1) is 0 Å². The molecule has 2 heterocycles. The summed E-state index contributed by atoms with van der Waals surface area (Å²) in [6, 6.07) is 16.3. The average Bonchev–Trinajstić information content (AvgIpc) is 3.28. The molecule has 1 saturated heterocycles. The molecule has 1 amide bonds. The lowest BCUT2D eigenvalue weighted by atomic mass is 10.1. The normalized spacial score (nSPS) is 17.0. The van der Waals surface area contributed by atoms with Gasteiger partial charge in [-0.25, -0.2) is 4.39 Å². The number of halogens is 1. The summed E-state index contributed by atoms with van der Waals surface area (Å²) in [6.45, 7) is 1.22. The van der Waals surface area contributed by atoms with Crippen LogP contribution in [0.1, 0.15) is 23.7 Å². The van der Waals surface area contributed by atoms with Crippen LogP contribution >= 0.6 is 0 Å². The summed E-state index contributed by atoms with van der Waals surface area (Å²) in [5.74, 6) is 0.160. The third kappa shape index (κ3) is 3.35. The van der Waals surface area contributed by atoms with Crippen LogP contribution in [0.4, 0.5) is 4.39 Å². The molecule has 6 heteroatoms. The van der Waals surface area contributed by atoms with Crippen molar-refractivity contribution in [3.8, 4) is 11.5 Å². The van der Waals surface area contributed by atoms with Crippen molar-refractivity contribution < 1.29 is 13.7 Å². The maximum atomic E-state index is 13.9. The van der Waals surface area contributed by atoms with E-state index >= 15 is 0 Å². The number of aromatic nitrogens is 2. The Morgan fingerprint density at radius 1 is 1.12 bits per heavy atom. The molecule has 1 atom stereocenters. The Morgan fingerprint density at radius 3 is 2.69 bits per heavy atom. The summed E-state index contributed by atoms with van der Waals surface area (Å²) in [7, 11) is 0. The summed E-state index contributed by atoms with van der Waals surface area (Å²) in [6.07, 6.45) is 1.16. The van der Waals surface area contributed by atoms with Crippen molar-refractivity contribution >= 4 is 5.91 Å². The van der Waals surface area contributed by atoms with Gasteiger partial charge in [0.05, 0.1) is 5.56 Å². The van der Waals surface area contributed by atoms with E-state index in [2.05, 4.69) is 22.3 Å². The Bertz CT molecular complexity index is 910. The van der Waals surface area contributed by atoms with Crippen LogP contribution in [0.25, 0.3) is 11.5 Å². The number of hydrogen-bond donors (Lipinski definition) is 0. The lowest BCUT2D eigenvalue weighted by Gasteiger charge is -2.15. The molecule has 5 nitrogen and oxygen atoms in total. The second-order valence-electron chi connectivity index (χ2n) is 6.41. The first-order valence-corrected chi connectivity index (χ1v) is 8.61. The van der Waals surface area contributed by atoms with E-state index < -0.39 is 5.82 Å². The van der Waals surface area contributed by atoms with Crippen LogP contribution in [-0.4, -0.2) is 34.0 Å². The van der Waals surface area contributed by atoms with Crippen molar-refractivity contribution in [2.24, 2.45) is 0 Å². The summed E-state index contributed by atoms with van der Waals surface area (Å²) in [4.78, 5) is 18.4. The molecule has 2 aromatic carbocycles. The van der Waals surface area contributed by atoms with Crippen molar-refractivity contribution in [3.63, 3.8) is 0 Å². The van der Waals surface area contributed by atoms with E-state index in [1.54, 1.807) is 18.2 Å². The van der Waals surface area contributed by atoms with Gasteiger partial charge in [0, 0.05) is 25.4 Å². The predicted octanol–water partition coefficient (Wildman–Crippen LogP) is 3.43. The average molecular weight is 351 g/mol. The molecule has 0 aliphatic carbocycles. The Hall–Kier alpha value is -3.02. The quantitative estimate of drug-likeness (QED) is 0.707. The standard InChI is InChI=1S/C20H18FN3O2/c21-17-9-5-4-8-16(17)20-22-19(23-26-20)15-12-18(25)24(13-15)11-10-14-6-2-1-3-7-14/h1-9,15H,10-13H2/t15-/m1/s1. The van der Waals surface area contributed by atoms with E-state index in [0.717, 1.165) is 6.42 Å². The van der Waals surface area contributed by atoms with Gasteiger partial charge in [-0.2, -0.15) is 4.98 Å². The van der Waals surface area contributed by atoms with Gasteiger partial charge in [0.25, 0.3) is 5.89 Å². The highest BCUT2D eigenvalue weighted by atomic mass is 19.1. The topological polar surface area (TPSA) is 59.2 Å². The second-order valence-corrected chi connectivity index (χ2v) is 6.41. The molecule has 0 unspecified atom stereocenters. The summed E-state index contributed by atoms with van der Waals surface area (Å²) < 4.78 is 19.1. The van der Waals surface area contributed by atoms with E-state index in [0.29, 0.717) is 25.3 Å². The maximum absolute atomic E-state index is 13.9. The Labute approximate surface area is 150 Å². The third-order valence-electron chi connectivity index (χ3n) is 4.64. The molecule has 4 rings (SSSR count). The summed E-state index contributed by atoms with van der Waals surface area (Å²) in [5, 5.41) is 3.97. The van der Waals surface area contributed by atoms with Crippen molar-refractivity contribution in [1.82, 2.24) is 15.0 Å². The van der Waals surface area contributed by atoms with Crippen LogP contribution in [0.5, 0.6) is 0 Å². The minimum Gasteiger partial charge on any atom is -0.342 e. The molecule has 132 valence electrons. The number of benzene rings is 2. The fraction of sp³-hybridized carbons (Fsp3) is 0.250. The van der Waals surface area contributed by atoms with Gasteiger partial charge in [0.2, 0.25) is 5.91 Å². The largest absolute Gasteiger partial charge is 0.342 e. The van der Waals surface area contributed by atoms with Crippen molar-refractivity contribution in [2.75, 3.05) is 13.1 Å². The Morgan fingerprint density at radius 2 is 1.88 bits per heavy atom. The molecule has 1 aromatic heterocycles. The Balaban J connectivity index is 1.43. The van der Waals surface area contributed by atoms with Crippen LogP contribution in [0.2, 0.25) is 0 Å². The number of amides is 1. The molecular formula is C20H18FN3O2. The molecule has 1 fully saturated rings. The smallest absolute Gasteiger partial charge is 0.260 e. The number of rotatable bonds is 5. The highest BCUT2D eigenvalue weighted by Crippen LogP contribution is 2.29. The van der Waals surface area contributed by atoms with Crippen molar-refractivity contribution in [3.05, 3.63) is 71.8 Å². The molecule has 1 aliphatic heterocycles. The first-order valence-electron chi connectivity index (χ1n) is 8.61. The van der Waals surface area contributed by atoms with Gasteiger partial charge in [0.1, 0.15) is 5.82 Å². The first-order chi connectivity index (χ1) is 12.7. The zero-order valence-electron chi connectivity index (χ0n) is 14.1. The van der Waals surface area contributed by atoms with Gasteiger partial charge in [-0.1, -0.05) is 47.6 Å². The number of carbonyl (C=O) groups is 1. The van der Waals surface area contributed by atoms with Crippen LogP contribution in [-0.2, 0) is 11.2 Å².